The van der Waals surface area contributed by atoms with Crippen molar-refractivity contribution in [3.05, 3.63) is 29.6 Å². The first kappa shape index (κ1) is 20.2. The van der Waals surface area contributed by atoms with Gasteiger partial charge in [-0.25, -0.2) is 0 Å². The number of rotatable bonds is 6. The Morgan fingerprint density at radius 2 is 2.04 bits per heavy atom. The molecule has 26 heavy (non-hydrogen) atoms. The normalized spacial score (nSPS) is 16.0. The molecule has 1 aromatic heterocycles. The number of guanidine groups is 1. The minimum Gasteiger partial charge on any atom is -0.354 e. The summed E-state index contributed by atoms with van der Waals surface area (Å²) in [6.45, 7) is 8.55. The van der Waals surface area contributed by atoms with Crippen LogP contribution in [0.4, 0.5) is 0 Å². The number of hydrogen-bond acceptors (Lipinski definition) is 3. The minimum absolute atomic E-state index is 0.176. The summed E-state index contributed by atoms with van der Waals surface area (Å²) < 4.78 is 0. The van der Waals surface area contributed by atoms with Gasteiger partial charge in [0.1, 0.15) is 0 Å². The molecule has 1 aliphatic rings. The van der Waals surface area contributed by atoms with E-state index >= 15 is 0 Å². The fourth-order valence-electron chi connectivity index (χ4n) is 3.40. The second-order valence-electron chi connectivity index (χ2n) is 6.95. The lowest BCUT2D eigenvalue weighted by molar-refractivity contribution is -0.136. The number of aromatic nitrogens is 1. The van der Waals surface area contributed by atoms with Crippen molar-refractivity contribution < 1.29 is 4.79 Å². The van der Waals surface area contributed by atoms with E-state index in [9.17, 15) is 4.79 Å². The number of carbonyl (C=O) groups excluding carboxylic acids is 1. The van der Waals surface area contributed by atoms with Crippen LogP contribution < -0.4 is 10.6 Å². The van der Waals surface area contributed by atoms with Crippen LogP contribution in [0.5, 0.6) is 0 Å². The summed E-state index contributed by atoms with van der Waals surface area (Å²) in [7, 11) is 1.78. The van der Waals surface area contributed by atoms with Gasteiger partial charge in [0.25, 0.3) is 0 Å². The molecule has 0 aromatic carbocycles. The molecule has 1 amide bonds. The van der Waals surface area contributed by atoms with Gasteiger partial charge in [-0.2, -0.15) is 0 Å². The van der Waals surface area contributed by atoms with Crippen LogP contribution in [-0.2, 0) is 11.3 Å². The molecule has 2 N–H and O–H groups in total. The minimum atomic E-state index is 0.176. The summed E-state index contributed by atoms with van der Waals surface area (Å²) in [6, 6.07) is 4.35. The number of likely N-dealkylation sites (tertiary alicyclic amines) is 1. The standard InChI is InChI=1S/C20H33N5O/c1-5-16(6-2)19(26)25-12-9-17(10-13-25)24-20(21-4)23-14-18-15(3)8-7-11-22-18/h7-8,11,16-17H,5-6,9-10,12-14H2,1-4H3,(H2,21,23,24). The van der Waals surface area contributed by atoms with Crippen molar-refractivity contribution in [2.75, 3.05) is 20.1 Å². The van der Waals surface area contributed by atoms with Crippen LogP contribution in [0.25, 0.3) is 0 Å². The molecule has 0 saturated carbocycles. The number of amides is 1. The Balaban J connectivity index is 1.80. The first-order valence-electron chi connectivity index (χ1n) is 9.75. The molecule has 1 saturated heterocycles. The van der Waals surface area contributed by atoms with Crippen molar-refractivity contribution in [1.82, 2.24) is 20.5 Å². The van der Waals surface area contributed by atoms with Gasteiger partial charge < -0.3 is 15.5 Å². The molecule has 0 aliphatic carbocycles. The maximum absolute atomic E-state index is 12.5. The number of hydrogen-bond donors (Lipinski definition) is 2. The molecule has 1 aromatic rings. The molecule has 1 aliphatic heterocycles. The highest BCUT2D eigenvalue weighted by Crippen LogP contribution is 2.17. The van der Waals surface area contributed by atoms with Gasteiger partial charge in [0.15, 0.2) is 5.96 Å². The molecule has 0 bridgehead atoms. The van der Waals surface area contributed by atoms with E-state index in [0.29, 0.717) is 18.5 Å². The molecular weight excluding hydrogens is 326 g/mol. The fourth-order valence-corrected chi connectivity index (χ4v) is 3.40. The second kappa shape index (κ2) is 10.1. The molecule has 6 nitrogen and oxygen atoms in total. The van der Waals surface area contributed by atoms with Gasteiger partial charge in [-0.3, -0.25) is 14.8 Å². The summed E-state index contributed by atoms with van der Waals surface area (Å²) in [6.07, 6.45) is 5.57. The van der Waals surface area contributed by atoms with Crippen molar-refractivity contribution in [2.45, 2.75) is 59.0 Å². The van der Waals surface area contributed by atoms with Gasteiger partial charge in [0.05, 0.1) is 12.2 Å². The van der Waals surface area contributed by atoms with Gasteiger partial charge in [-0.1, -0.05) is 19.9 Å². The zero-order chi connectivity index (χ0) is 18.9. The highest BCUT2D eigenvalue weighted by molar-refractivity contribution is 5.80. The van der Waals surface area contributed by atoms with Crippen molar-refractivity contribution in [2.24, 2.45) is 10.9 Å². The predicted octanol–water partition coefficient (Wildman–Crippen LogP) is 2.48. The number of aryl methyl sites for hydroxylation is 1. The highest BCUT2D eigenvalue weighted by atomic mass is 16.2. The van der Waals surface area contributed by atoms with E-state index in [4.69, 9.17) is 0 Å². The van der Waals surface area contributed by atoms with Gasteiger partial charge in [0, 0.05) is 38.3 Å². The molecule has 0 atom stereocenters. The van der Waals surface area contributed by atoms with E-state index < -0.39 is 0 Å². The zero-order valence-electron chi connectivity index (χ0n) is 16.6. The number of pyridine rings is 1. The van der Waals surface area contributed by atoms with Crippen LogP contribution in [0.15, 0.2) is 23.3 Å². The van der Waals surface area contributed by atoms with Crippen molar-refractivity contribution in [3.63, 3.8) is 0 Å². The number of nitrogens with zero attached hydrogens (tertiary/aromatic N) is 3. The van der Waals surface area contributed by atoms with Gasteiger partial charge >= 0.3 is 0 Å². The Morgan fingerprint density at radius 3 is 2.62 bits per heavy atom. The largest absolute Gasteiger partial charge is 0.354 e. The first-order chi connectivity index (χ1) is 12.6. The smallest absolute Gasteiger partial charge is 0.225 e. The van der Waals surface area contributed by atoms with Gasteiger partial charge in [0.2, 0.25) is 5.91 Å². The highest BCUT2D eigenvalue weighted by Gasteiger charge is 2.26. The lowest BCUT2D eigenvalue weighted by atomic mass is 9.98. The van der Waals surface area contributed by atoms with Gasteiger partial charge in [-0.05, 0) is 44.2 Å². The molecule has 2 rings (SSSR count). The Bertz CT molecular complexity index is 604. The molecule has 144 valence electrons. The van der Waals surface area contributed by atoms with E-state index in [0.717, 1.165) is 50.4 Å². The van der Waals surface area contributed by atoms with Crippen molar-refractivity contribution in [1.29, 1.82) is 0 Å². The molecule has 0 unspecified atom stereocenters. The first-order valence-corrected chi connectivity index (χ1v) is 9.75. The topological polar surface area (TPSA) is 69.6 Å². The van der Waals surface area contributed by atoms with Crippen molar-refractivity contribution in [3.8, 4) is 0 Å². The lowest BCUT2D eigenvalue weighted by Gasteiger charge is -2.34. The summed E-state index contributed by atoms with van der Waals surface area (Å²) in [4.78, 5) is 23.3. The van der Waals surface area contributed by atoms with E-state index in [-0.39, 0.29) is 5.92 Å². The number of aliphatic imine (C=N–C) groups is 1. The summed E-state index contributed by atoms with van der Waals surface area (Å²) in [5.74, 6) is 1.29. The van der Waals surface area contributed by atoms with Gasteiger partial charge in [-0.15, -0.1) is 0 Å². The van der Waals surface area contributed by atoms with E-state index in [1.165, 1.54) is 5.56 Å². The molecule has 6 heteroatoms. The SMILES string of the molecule is CCC(CC)C(=O)N1CCC(NC(=NC)NCc2ncccc2C)CC1. The van der Waals surface area contributed by atoms with E-state index in [1.54, 1.807) is 7.05 Å². The maximum Gasteiger partial charge on any atom is 0.225 e. The Labute approximate surface area is 157 Å². The van der Waals surface area contributed by atoms with E-state index in [2.05, 4.69) is 47.4 Å². The fraction of sp³-hybridized carbons (Fsp3) is 0.650. The van der Waals surface area contributed by atoms with Crippen LogP contribution in [0.3, 0.4) is 0 Å². The number of carbonyl (C=O) groups is 1. The molecular formula is C20H33N5O. The molecule has 1 fully saturated rings. The van der Waals surface area contributed by atoms with Crippen LogP contribution in [0.2, 0.25) is 0 Å². The lowest BCUT2D eigenvalue weighted by Crippen LogP contribution is -2.50. The van der Waals surface area contributed by atoms with E-state index in [1.807, 2.05) is 17.2 Å². The Kier molecular flexibility index (Phi) is 7.88. The predicted molar refractivity (Wildman–Crippen MR) is 106 cm³/mol. The molecule has 0 radical (unpaired) electrons. The zero-order valence-corrected chi connectivity index (χ0v) is 16.6. The monoisotopic (exact) mass is 359 g/mol. The summed E-state index contributed by atoms with van der Waals surface area (Å²) in [5, 5.41) is 6.83. The maximum atomic E-state index is 12.5. The Hall–Kier alpha value is -2.11. The number of piperidine rings is 1. The second-order valence-corrected chi connectivity index (χ2v) is 6.95. The molecule has 0 spiro atoms. The summed E-state index contributed by atoms with van der Waals surface area (Å²) >= 11 is 0. The average Bonchev–Trinajstić information content (AvgIpc) is 2.67. The third-order valence-electron chi connectivity index (χ3n) is 5.25. The summed E-state index contributed by atoms with van der Waals surface area (Å²) in [5.41, 5.74) is 2.20. The van der Waals surface area contributed by atoms with Crippen LogP contribution in [0.1, 0.15) is 50.8 Å². The molecule has 2 heterocycles. The van der Waals surface area contributed by atoms with Crippen LogP contribution in [-0.4, -0.2) is 47.9 Å². The quantitative estimate of drug-likeness (QED) is 0.605. The van der Waals surface area contributed by atoms with Crippen LogP contribution >= 0.6 is 0 Å². The third-order valence-corrected chi connectivity index (χ3v) is 5.25. The average molecular weight is 360 g/mol. The number of nitrogens with one attached hydrogen (secondary N) is 2. The Morgan fingerprint density at radius 1 is 1.35 bits per heavy atom. The van der Waals surface area contributed by atoms with Crippen molar-refractivity contribution >= 4 is 11.9 Å². The van der Waals surface area contributed by atoms with Crippen LogP contribution in [0, 0.1) is 12.8 Å². The third kappa shape index (κ3) is 5.44.